The zero-order chi connectivity index (χ0) is 22.6. The largest absolute Gasteiger partial charge is 0.393 e. The maximum atomic E-state index is 10.2. The third kappa shape index (κ3) is 5.56. The summed E-state index contributed by atoms with van der Waals surface area (Å²) in [6, 6.07) is 0. The summed E-state index contributed by atoms with van der Waals surface area (Å²) in [5, 5.41) is 20.2. The Kier molecular flexibility index (Phi) is 8.66. The highest BCUT2D eigenvalue weighted by atomic mass is 16.3. The van der Waals surface area contributed by atoms with Crippen LogP contribution in [0.2, 0.25) is 0 Å². The Hall–Kier alpha value is -0.860. The van der Waals surface area contributed by atoms with Crippen molar-refractivity contribution in [3.05, 3.63) is 35.5 Å². The summed E-state index contributed by atoms with van der Waals surface area (Å²) in [6.07, 6.45) is 18.0. The number of aliphatic hydroxyl groups is 2. The lowest BCUT2D eigenvalue weighted by molar-refractivity contribution is 0.0861. The Morgan fingerprint density at radius 2 is 1.87 bits per heavy atom. The molecule has 0 unspecified atom stereocenters. The van der Waals surface area contributed by atoms with Crippen molar-refractivity contribution in [1.82, 2.24) is 0 Å². The number of hydrogen-bond acceptors (Lipinski definition) is 2. The highest BCUT2D eigenvalue weighted by Crippen LogP contribution is 2.60. The Balaban J connectivity index is 1.67. The molecule has 0 saturated heterocycles. The van der Waals surface area contributed by atoms with Gasteiger partial charge in [-0.3, -0.25) is 0 Å². The first kappa shape index (κ1) is 24.8. The van der Waals surface area contributed by atoms with Crippen molar-refractivity contribution in [2.24, 2.45) is 29.1 Å². The molecule has 0 heterocycles. The normalized spacial score (nSPS) is 37.6. The van der Waals surface area contributed by atoms with E-state index in [4.69, 9.17) is 0 Å². The smallest absolute Gasteiger partial charge is 0.0811 e. The van der Waals surface area contributed by atoms with Crippen LogP contribution >= 0.6 is 0 Å². The monoisotopic (exact) mass is 428 g/mol. The molecule has 3 rings (SSSR count). The van der Waals surface area contributed by atoms with Gasteiger partial charge in [-0.1, -0.05) is 84.1 Å². The van der Waals surface area contributed by atoms with Crippen LogP contribution in [0.4, 0.5) is 0 Å². The molecule has 0 radical (unpaired) electrons. The highest BCUT2D eigenvalue weighted by Gasteiger charge is 2.50. The van der Waals surface area contributed by atoms with Crippen molar-refractivity contribution in [2.75, 3.05) is 0 Å². The number of rotatable bonds is 8. The summed E-state index contributed by atoms with van der Waals surface area (Å²) in [6.45, 7) is 13.9. The van der Waals surface area contributed by atoms with Crippen molar-refractivity contribution >= 4 is 0 Å². The molecule has 3 fully saturated rings. The van der Waals surface area contributed by atoms with E-state index < -0.39 is 12.2 Å². The molecule has 31 heavy (non-hydrogen) atoms. The van der Waals surface area contributed by atoms with E-state index in [9.17, 15) is 10.2 Å². The van der Waals surface area contributed by atoms with Crippen LogP contribution in [-0.2, 0) is 0 Å². The van der Waals surface area contributed by atoms with Gasteiger partial charge in [-0.15, -0.1) is 0 Å². The third-order valence-electron chi connectivity index (χ3n) is 9.42. The molecule has 0 spiro atoms. The molecule has 0 amide bonds. The van der Waals surface area contributed by atoms with E-state index in [-0.39, 0.29) is 0 Å². The average molecular weight is 429 g/mol. The average Bonchev–Trinajstić information content (AvgIpc) is 3.10. The molecule has 6 atom stereocenters. The van der Waals surface area contributed by atoms with Crippen molar-refractivity contribution in [1.29, 1.82) is 0 Å². The SMILES string of the molecule is C=C1/C(=C\C=C2/CCC[C@]3(C)[C@@H]([C@H](C)CCCC(CC)CC)CC[C@@H]23)C[C@H](O)C[C@H]1O. The topological polar surface area (TPSA) is 40.5 Å². The Bertz CT molecular complexity index is 670. The summed E-state index contributed by atoms with van der Waals surface area (Å²) in [5.41, 5.74) is 3.89. The number of allylic oxidation sites excluding steroid dienone is 3. The molecule has 0 aromatic carbocycles. The molecule has 2 nitrogen and oxygen atoms in total. The third-order valence-corrected chi connectivity index (χ3v) is 9.42. The van der Waals surface area contributed by atoms with Gasteiger partial charge in [0.25, 0.3) is 0 Å². The zero-order valence-electron chi connectivity index (χ0n) is 20.7. The fourth-order valence-corrected chi connectivity index (χ4v) is 7.31. The minimum Gasteiger partial charge on any atom is -0.393 e. The fourth-order valence-electron chi connectivity index (χ4n) is 7.31. The van der Waals surface area contributed by atoms with Crippen LogP contribution in [0.15, 0.2) is 35.5 Å². The molecule has 0 aromatic heterocycles. The summed E-state index contributed by atoms with van der Waals surface area (Å²) >= 11 is 0. The summed E-state index contributed by atoms with van der Waals surface area (Å²) in [5.74, 6) is 3.30. The minimum absolute atomic E-state index is 0.421. The number of fused-ring (bicyclic) bond motifs is 1. The van der Waals surface area contributed by atoms with E-state index in [1.165, 1.54) is 64.2 Å². The van der Waals surface area contributed by atoms with Gasteiger partial charge in [0, 0.05) is 6.42 Å². The molecule has 3 aliphatic rings. The van der Waals surface area contributed by atoms with Crippen molar-refractivity contribution in [3.63, 3.8) is 0 Å². The van der Waals surface area contributed by atoms with Gasteiger partial charge in [0.1, 0.15) is 0 Å². The number of aliphatic hydroxyl groups excluding tert-OH is 2. The number of hydrogen-bond donors (Lipinski definition) is 2. The highest BCUT2D eigenvalue weighted by molar-refractivity contribution is 5.38. The Morgan fingerprint density at radius 3 is 2.58 bits per heavy atom. The van der Waals surface area contributed by atoms with Gasteiger partial charge >= 0.3 is 0 Å². The van der Waals surface area contributed by atoms with Gasteiger partial charge in [0.15, 0.2) is 0 Å². The first-order valence-electron chi connectivity index (χ1n) is 13.2. The van der Waals surface area contributed by atoms with Crippen LogP contribution in [0.25, 0.3) is 0 Å². The first-order valence-corrected chi connectivity index (χ1v) is 13.2. The lowest BCUT2D eigenvalue weighted by Crippen LogP contribution is -2.36. The molecule has 3 saturated carbocycles. The molecular formula is C29H48O2. The van der Waals surface area contributed by atoms with Crippen LogP contribution in [0.5, 0.6) is 0 Å². The van der Waals surface area contributed by atoms with Gasteiger partial charge in [-0.2, -0.15) is 0 Å². The summed E-state index contributed by atoms with van der Waals surface area (Å²) < 4.78 is 0. The van der Waals surface area contributed by atoms with Gasteiger partial charge in [0.05, 0.1) is 12.2 Å². The van der Waals surface area contributed by atoms with E-state index in [0.29, 0.717) is 24.2 Å². The molecular weight excluding hydrogens is 380 g/mol. The van der Waals surface area contributed by atoms with Crippen LogP contribution < -0.4 is 0 Å². The van der Waals surface area contributed by atoms with E-state index in [1.807, 2.05) is 0 Å². The Labute approximate surface area is 191 Å². The molecule has 0 aliphatic heterocycles. The second kappa shape index (κ2) is 10.8. The predicted octanol–water partition coefficient (Wildman–Crippen LogP) is 7.37. The van der Waals surface area contributed by atoms with E-state index in [2.05, 4.69) is 46.4 Å². The predicted molar refractivity (Wildman–Crippen MR) is 132 cm³/mol. The standard InChI is InChI=1S/C29H48O2/c1-6-22(7-2)11-8-10-20(3)26-15-16-27-23(12-9-17-29(26,27)5)13-14-24-18-25(30)19-28(31)21(24)4/h13-14,20,22,25-28,30-31H,4,6-12,15-19H2,1-3,5H3/b23-13+,24-14-/t20-,25+,26-,27+,28-,29-/m1/s1. The molecule has 176 valence electrons. The molecule has 2 heteroatoms. The van der Waals surface area contributed by atoms with Crippen LogP contribution in [-0.4, -0.2) is 22.4 Å². The lowest BCUT2D eigenvalue weighted by Gasteiger charge is -2.44. The van der Waals surface area contributed by atoms with Crippen LogP contribution in [0.3, 0.4) is 0 Å². The maximum Gasteiger partial charge on any atom is 0.0811 e. The quantitative estimate of drug-likeness (QED) is 0.423. The zero-order valence-corrected chi connectivity index (χ0v) is 20.7. The fraction of sp³-hybridized carbons (Fsp3) is 0.793. The van der Waals surface area contributed by atoms with Gasteiger partial charge in [-0.05, 0) is 78.8 Å². The molecule has 0 aromatic rings. The molecule has 3 aliphatic carbocycles. The lowest BCUT2D eigenvalue weighted by atomic mass is 9.60. The molecule has 2 N–H and O–H groups in total. The van der Waals surface area contributed by atoms with Crippen molar-refractivity contribution in [2.45, 2.75) is 117 Å². The van der Waals surface area contributed by atoms with E-state index in [1.54, 1.807) is 5.57 Å². The van der Waals surface area contributed by atoms with Gasteiger partial charge in [0.2, 0.25) is 0 Å². The summed E-state index contributed by atoms with van der Waals surface area (Å²) in [7, 11) is 0. The van der Waals surface area contributed by atoms with Crippen molar-refractivity contribution < 1.29 is 10.2 Å². The summed E-state index contributed by atoms with van der Waals surface area (Å²) in [4.78, 5) is 0. The van der Waals surface area contributed by atoms with Crippen LogP contribution in [0.1, 0.15) is 105 Å². The van der Waals surface area contributed by atoms with Gasteiger partial charge in [-0.25, -0.2) is 0 Å². The Morgan fingerprint density at radius 1 is 1.13 bits per heavy atom. The molecule has 0 bridgehead atoms. The second-order valence-electron chi connectivity index (χ2n) is 11.3. The van der Waals surface area contributed by atoms with E-state index in [0.717, 1.165) is 28.9 Å². The minimum atomic E-state index is -0.596. The van der Waals surface area contributed by atoms with E-state index >= 15 is 0 Å². The van der Waals surface area contributed by atoms with Crippen molar-refractivity contribution in [3.8, 4) is 0 Å². The van der Waals surface area contributed by atoms with Crippen LogP contribution in [0, 0.1) is 29.1 Å². The first-order chi connectivity index (χ1) is 14.8. The van der Waals surface area contributed by atoms with Gasteiger partial charge < -0.3 is 10.2 Å². The maximum absolute atomic E-state index is 10.2. The second-order valence-corrected chi connectivity index (χ2v) is 11.3.